The molecule has 88 valence electrons. The van der Waals surface area contributed by atoms with Gasteiger partial charge < -0.3 is 10.2 Å². The Balaban J connectivity index is 2.60. The number of hydrogen-bond donors (Lipinski definition) is 3. The predicted octanol–water partition coefficient (Wildman–Crippen LogP) is -0.276. The third-order valence-corrected chi connectivity index (χ3v) is 2.30. The lowest BCUT2D eigenvalue weighted by molar-refractivity contribution is 0.282. The molecule has 0 amide bonds. The van der Waals surface area contributed by atoms with Crippen molar-refractivity contribution in [1.82, 2.24) is 9.55 Å². The summed E-state index contributed by atoms with van der Waals surface area (Å²) in [5, 5.41) is 18.4. The van der Waals surface area contributed by atoms with Crippen LogP contribution in [0.4, 0.5) is 0 Å². The van der Waals surface area contributed by atoms with Gasteiger partial charge in [0, 0.05) is 0 Å². The molecule has 0 saturated carbocycles. The van der Waals surface area contributed by atoms with Gasteiger partial charge in [0.1, 0.15) is 0 Å². The Morgan fingerprint density at radius 2 is 1.82 bits per heavy atom. The first-order chi connectivity index (χ1) is 8.11. The van der Waals surface area contributed by atoms with Crippen molar-refractivity contribution in [3.63, 3.8) is 0 Å². The summed E-state index contributed by atoms with van der Waals surface area (Å²) in [4.78, 5) is 24.5. The number of benzene rings is 1. The van der Waals surface area contributed by atoms with Gasteiger partial charge in [0.25, 0.3) is 5.56 Å². The van der Waals surface area contributed by atoms with Crippen molar-refractivity contribution in [2.45, 2.75) is 6.61 Å². The first-order valence-electron chi connectivity index (χ1n) is 4.87. The van der Waals surface area contributed by atoms with E-state index in [1.54, 1.807) is 24.3 Å². The van der Waals surface area contributed by atoms with E-state index in [2.05, 4.69) is 0 Å². The van der Waals surface area contributed by atoms with Crippen molar-refractivity contribution in [2.75, 3.05) is 0 Å². The maximum atomic E-state index is 11.5. The van der Waals surface area contributed by atoms with Crippen LogP contribution >= 0.6 is 0 Å². The third-order valence-electron chi connectivity index (χ3n) is 2.30. The number of aromatic hydroxyl groups is 1. The summed E-state index contributed by atoms with van der Waals surface area (Å²) in [6, 6.07) is 7.27. The lowest BCUT2D eigenvalue weighted by Gasteiger charge is -2.07. The molecule has 6 nitrogen and oxygen atoms in total. The van der Waals surface area contributed by atoms with E-state index in [1.807, 2.05) is 4.98 Å². The van der Waals surface area contributed by atoms with E-state index < -0.39 is 17.1 Å². The van der Waals surface area contributed by atoms with Crippen LogP contribution in [0.3, 0.4) is 0 Å². The molecule has 0 aliphatic heterocycles. The van der Waals surface area contributed by atoms with Crippen molar-refractivity contribution in [3.05, 3.63) is 56.7 Å². The highest BCUT2D eigenvalue weighted by Crippen LogP contribution is 2.12. The average molecular weight is 234 g/mol. The standard InChI is InChI=1S/C11H10N2O4/c14-6-7-1-3-8(4-2-7)13-10(16)5-9(15)12-11(13)17/h1-5,14,16H,6H2,(H,12,15,17). The van der Waals surface area contributed by atoms with Crippen molar-refractivity contribution in [1.29, 1.82) is 0 Å². The number of nitrogens with zero attached hydrogens (tertiary/aromatic N) is 1. The van der Waals surface area contributed by atoms with Gasteiger partial charge in [0.15, 0.2) is 0 Å². The van der Waals surface area contributed by atoms with Gasteiger partial charge in [-0.05, 0) is 17.7 Å². The summed E-state index contributed by atoms with van der Waals surface area (Å²) in [6.07, 6.45) is 0. The minimum Gasteiger partial charge on any atom is -0.494 e. The van der Waals surface area contributed by atoms with E-state index in [4.69, 9.17) is 5.11 Å². The largest absolute Gasteiger partial charge is 0.494 e. The number of rotatable bonds is 2. The predicted molar refractivity (Wildman–Crippen MR) is 60.2 cm³/mol. The van der Waals surface area contributed by atoms with Crippen molar-refractivity contribution in [2.24, 2.45) is 0 Å². The zero-order valence-corrected chi connectivity index (χ0v) is 8.75. The summed E-state index contributed by atoms with van der Waals surface area (Å²) >= 11 is 0. The molecule has 3 N–H and O–H groups in total. The molecular formula is C11H10N2O4. The molecule has 1 aromatic carbocycles. The second-order valence-corrected chi connectivity index (χ2v) is 3.46. The molecule has 0 aliphatic carbocycles. The summed E-state index contributed by atoms with van der Waals surface area (Å²) in [5.74, 6) is -0.435. The lowest BCUT2D eigenvalue weighted by atomic mass is 10.2. The maximum absolute atomic E-state index is 11.5. The quantitative estimate of drug-likeness (QED) is 0.666. The molecule has 17 heavy (non-hydrogen) atoms. The summed E-state index contributed by atoms with van der Waals surface area (Å²) in [5.41, 5.74) is -0.283. The highest BCUT2D eigenvalue weighted by atomic mass is 16.3. The van der Waals surface area contributed by atoms with Crippen LogP contribution in [0, 0.1) is 0 Å². The van der Waals surface area contributed by atoms with Crippen LogP contribution in [-0.2, 0) is 6.61 Å². The Kier molecular flexibility index (Phi) is 2.80. The smallest absolute Gasteiger partial charge is 0.335 e. The van der Waals surface area contributed by atoms with Gasteiger partial charge in [-0.1, -0.05) is 12.1 Å². The Labute approximate surface area is 95.4 Å². The van der Waals surface area contributed by atoms with Crippen LogP contribution in [0.5, 0.6) is 5.88 Å². The fraction of sp³-hybridized carbons (Fsp3) is 0.0909. The summed E-state index contributed by atoms with van der Waals surface area (Å²) in [6.45, 7) is -0.104. The summed E-state index contributed by atoms with van der Waals surface area (Å²) < 4.78 is 0.961. The molecule has 0 fully saturated rings. The monoisotopic (exact) mass is 234 g/mol. The van der Waals surface area contributed by atoms with Gasteiger partial charge >= 0.3 is 5.69 Å². The fourth-order valence-corrected chi connectivity index (χ4v) is 1.48. The third kappa shape index (κ3) is 2.11. The molecular weight excluding hydrogens is 224 g/mol. The van der Waals surface area contributed by atoms with E-state index in [1.165, 1.54) is 0 Å². The zero-order valence-electron chi connectivity index (χ0n) is 8.75. The molecule has 0 saturated heterocycles. The average Bonchev–Trinajstić information content (AvgIpc) is 2.28. The van der Waals surface area contributed by atoms with E-state index in [9.17, 15) is 14.7 Å². The molecule has 0 atom stereocenters. The molecule has 1 aromatic heterocycles. The second-order valence-electron chi connectivity index (χ2n) is 3.46. The van der Waals surface area contributed by atoms with Crippen LogP contribution in [0.15, 0.2) is 39.9 Å². The van der Waals surface area contributed by atoms with Gasteiger partial charge in [-0.2, -0.15) is 0 Å². The topological polar surface area (TPSA) is 95.3 Å². The second kappa shape index (κ2) is 4.26. The summed E-state index contributed by atoms with van der Waals surface area (Å²) in [7, 11) is 0. The fourth-order valence-electron chi connectivity index (χ4n) is 1.48. The van der Waals surface area contributed by atoms with Crippen LogP contribution < -0.4 is 11.2 Å². The van der Waals surface area contributed by atoms with Crippen LogP contribution in [0.1, 0.15) is 5.56 Å². The lowest BCUT2D eigenvalue weighted by Crippen LogP contribution is -2.27. The molecule has 0 spiro atoms. The highest BCUT2D eigenvalue weighted by Gasteiger charge is 2.06. The maximum Gasteiger partial charge on any atom is 0.335 e. The normalized spacial score (nSPS) is 10.4. The zero-order chi connectivity index (χ0) is 12.4. The minimum atomic E-state index is -0.716. The Morgan fingerprint density at radius 3 is 2.35 bits per heavy atom. The van der Waals surface area contributed by atoms with Crippen LogP contribution in [-0.4, -0.2) is 19.8 Å². The van der Waals surface area contributed by atoms with E-state index >= 15 is 0 Å². The highest BCUT2D eigenvalue weighted by molar-refractivity contribution is 5.37. The number of aliphatic hydroxyl groups excluding tert-OH is 1. The molecule has 0 radical (unpaired) electrons. The molecule has 0 bridgehead atoms. The van der Waals surface area contributed by atoms with Crippen molar-refractivity contribution >= 4 is 0 Å². The van der Waals surface area contributed by atoms with Crippen molar-refractivity contribution < 1.29 is 10.2 Å². The molecule has 0 aliphatic rings. The van der Waals surface area contributed by atoms with Gasteiger partial charge in [-0.3, -0.25) is 9.78 Å². The molecule has 1 heterocycles. The Bertz CT molecular complexity index is 640. The number of H-pyrrole nitrogens is 1. The number of hydrogen-bond acceptors (Lipinski definition) is 4. The van der Waals surface area contributed by atoms with Gasteiger partial charge in [-0.25, -0.2) is 9.36 Å². The van der Waals surface area contributed by atoms with E-state index in [0.29, 0.717) is 11.3 Å². The van der Waals surface area contributed by atoms with E-state index in [-0.39, 0.29) is 6.61 Å². The van der Waals surface area contributed by atoms with Crippen LogP contribution in [0.2, 0.25) is 0 Å². The number of aromatic amines is 1. The molecule has 2 aromatic rings. The van der Waals surface area contributed by atoms with E-state index in [0.717, 1.165) is 10.6 Å². The number of aliphatic hydroxyl groups is 1. The first kappa shape index (κ1) is 11.2. The minimum absolute atomic E-state index is 0.104. The Hall–Kier alpha value is -2.34. The first-order valence-corrected chi connectivity index (χ1v) is 4.87. The molecule has 0 unspecified atom stereocenters. The number of nitrogens with one attached hydrogen (secondary N) is 1. The molecule has 2 rings (SSSR count). The van der Waals surface area contributed by atoms with Gasteiger partial charge in [0.05, 0.1) is 18.4 Å². The van der Waals surface area contributed by atoms with Gasteiger partial charge in [-0.15, -0.1) is 0 Å². The van der Waals surface area contributed by atoms with Crippen LogP contribution in [0.25, 0.3) is 5.69 Å². The SMILES string of the molecule is O=c1cc(O)n(-c2ccc(CO)cc2)c(=O)[nH]1. The number of aromatic nitrogens is 2. The van der Waals surface area contributed by atoms with Gasteiger partial charge in [0.2, 0.25) is 5.88 Å². The van der Waals surface area contributed by atoms with Crippen molar-refractivity contribution in [3.8, 4) is 11.6 Å². The Morgan fingerprint density at radius 1 is 1.18 bits per heavy atom. The molecule has 6 heteroatoms.